The number of halogens is 1. The molecule has 0 bridgehead atoms. The lowest BCUT2D eigenvalue weighted by atomic mass is 10.2. The van der Waals surface area contributed by atoms with E-state index in [2.05, 4.69) is 4.98 Å². The van der Waals surface area contributed by atoms with Crippen molar-refractivity contribution in [2.45, 2.75) is 25.7 Å². The fourth-order valence-corrected chi connectivity index (χ4v) is 3.15. The van der Waals surface area contributed by atoms with Gasteiger partial charge in [0.1, 0.15) is 5.75 Å². The summed E-state index contributed by atoms with van der Waals surface area (Å²) in [4.78, 5) is 20.3. The van der Waals surface area contributed by atoms with Gasteiger partial charge in [0.2, 0.25) is 0 Å². The standard InChI is InChI=1S/C20H24ClN3O2/c21-17-7-9-19(10-8-17)26-15-4-2-1-3-12-23-13-14-24(20(23)25)18-6-5-11-22-16-18/h5-11,16H,1-4,12-15H2. The number of carbonyl (C=O) groups is 1. The average molecular weight is 374 g/mol. The number of rotatable bonds is 9. The van der Waals surface area contributed by atoms with Crippen LogP contribution in [-0.4, -0.2) is 42.2 Å². The lowest BCUT2D eigenvalue weighted by Crippen LogP contribution is -2.32. The van der Waals surface area contributed by atoms with E-state index < -0.39 is 0 Å². The Morgan fingerprint density at radius 2 is 1.85 bits per heavy atom. The third kappa shape index (κ3) is 5.11. The predicted molar refractivity (Wildman–Crippen MR) is 104 cm³/mol. The highest BCUT2D eigenvalue weighted by Crippen LogP contribution is 2.19. The van der Waals surface area contributed by atoms with Crippen molar-refractivity contribution in [3.63, 3.8) is 0 Å². The summed E-state index contributed by atoms with van der Waals surface area (Å²) in [5.74, 6) is 0.854. The molecule has 0 radical (unpaired) electrons. The summed E-state index contributed by atoms with van der Waals surface area (Å²) in [6.45, 7) is 3.04. The first-order chi connectivity index (χ1) is 12.7. The van der Waals surface area contributed by atoms with Crippen LogP contribution in [0.5, 0.6) is 5.75 Å². The molecule has 0 unspecified atom stereocenters. The molecule has 2 amide bonds. The number of carbonyl (C=O) groups excluding carboxylic acids is 1. The number of pyridine rings is 1. The second-order valence-corrected chi connectivity index (χ2v) is 6.79. The van der Waals surface area contributed by atoms with E-state index in [4.69, 9.17) is 16.3 Å². The third-order valence-electron chi connectivity index (χ3n) is 4.46. The number of aromatic nitrogens is 1. The largest absolute Gasteiger partial charge is 0.494 e. The maximum absolute atomic E-state index is 12.4. The molecule has 1 saturated heterocycles. The zero-order valence-electron chi connectivity index (χ0n) is 14.8. The Balaban J connectivity index is 1.28. The summed E-state index contributed by atoms with van der Waals surface area (Å²) in [6.07, 6.45) is 7.69. The van der Waals surface area contributed by atoms with Gasteiger partial charge in [-0.25, -0.2) is 4.79 Å². The molecule has 0 spiro atoms. The Morgan fingerprint density at radius 3 is 2.62 bits per heavy atom. The van der Waals surface area contributed by atoms with Crippen LogP contribution in [0.2, 0.25) is 5.02 Å². The summed E-state index contributed by atoms with van der Waals surface area (Å²) in [7, 11) is 0. The first kappa shape index (κ1) is 18.5. The first-order valence-electron chi connectivity index (χ1n) is 9.09. The van der Waals surface area contributed by atoms with Crippen LogP contribution in [0.4, 0.5) is 10.5 Å². The minimum atomic E-state index is 0.0871. The van der Waals surface area contributed by atoms with Crippen LogP contribution in [-0.2, 0) is 0 Å². The summed E-state index contributed by atoms with van der Waals surface area (Å²) in [5.41, 5.74) is 0.874. The molecular formula is C20H24ClN3O2. The smallest absolute Gasteiger partial charge is 0.324 e. The Morgan fingerprint density at radius 1 is 1.04 bits per heavy atom. The Kier molecular flexibility index (Phi) is 6.72. The van der Waals surface area contributed by atoms with Crippen LogP contribution in [0.25, 0.3) is 0 Å². The summed E-state index contributed by atoms with van der Waals surface area (Å²) in [5, 5.41) is 0.718. The van der Waals surface area contributed by atoms with E-state index in [1.807, 2.05) is 41.3 Å². The van der Waals surface area contributed by atoms with Crippen molar-refractivity contribution in [1.82, 2.24) is 9.88 Å². The predicted octanol–water partition coefficient (Wildman–Crippen LogP) is 4.62. The molecule has 1 aliphatic rings. The van der Waals surface area contributed by atoms with Gasteiger partial charge in [-0.2, -0.15) is 0 Å². The highest BCUT2D eigenvalue weighted by Gasteiger charge is 2.28. The Hall–Kier alpha value is -2.27. The maximum atomic E-state index is 12.4. The van der Waals surface area contributed by atoms with Gasteiger partial charge in [-0.05, 0) is 49.2 Å². The summed E-state index contributed by atoms with van der Waals surface area (Å²) in [6, 6.07) is 11.3. The van der Waals surface area contributed by atoms with Gasteiger partial charge in [0.25, 0.3) is 0 Å². The maximum Gasteiger partial charge on any atom is 0.324 e. The number of hydrogen-bond donors (Lipinski definition) is 0. The fourth-order valence-electron chi connectivity index (χ4n) is 3.02. The molecule has 1 aliphatic heterocycles. The zero-order valence-corrected chi connectivity index (χ0v) is 15.6. The molecule has 0 N–H and O–H groups in total. The monoisotopic (exact) mass is 373 g/mol. The van der Waals surface area contributed by atoms with Crippen molar-refractivity contribution < 1.29 is 9.53 Å². The molecule has 1 aromatic heterocycles. The van der Waals surface area contributed by atoms with Crippen LogP contribution in [0.1, 0.15) is 25.7 Å². The van der Waals surface area contributed by atoms with Crippen LogP contribution in [0.15, 0.2) is 48.8 Å². The van der Waals surface area contributed by atoms with Crippen LogP contribution < -0.4 is 9.64 Å². The second-order valence-electron chi connectivity index (χ2n) is 6.35. The normalized spacial score (nSPS) is 14.1. The molecule has 0 saturated carbocycles. The van der Waals surface area contributed by atoms with Gasteiger partial charge < -0.3 is 9.64 Å². The van der Waals surface area contributed by atoms with Gasteiger partial charge in [0, 0.05) is 30.9 Å². The molecule has 2 aromatic rings. The van der Waals surface area contributed by atoms with E-state index in [0.29, 0.717) is 6.61 Å². The average Bonchev–Trinajstić information content (AvgIpc) is 3.04. The van der Waals surface area contributed by atoms with Gasteiger partial charge in [-0.15, -0.1) is 0 Å². The second kappa shape index (κ2) is 9.43. The molecule has 0 aliphatic carbocycles. The number of amides is 2. The Bertz CT molecular complexity index is 694. The molecule has 138 valence electrons. The lowest BCUT2D eigenvalue weighted by molar-refractivity contribution is 0.219. The number of anilines is 1. The van der Waals surface area contributed by atoms with Crippen LogP contribution >= 0.6 is 11.6 Å². The van der Waals surface area contributed by atoms with Crippen molar-refractivity contribution in [2.24, 2.45) is 0 Å². The summed E-state index contributed by atoms with van der Waals surface area (Å²) < 4.78 is 5.69. The van der Waals surface area contributed by atoms with Crippen molar-refractivity contribution in [3.05, 3.63) is 53.8 Å². The van der Waals surface area contributed by atoms with Crippen LogP contribution in [0, 0.1) is 0 Å². The number of ether oxygens (including phenoxy) is 1. The lowest BCUT2D eigenvalue weighted by Gasteiger charge is -2.18. The fraction of sp³-hybridized carbons (Fsp3) is 0.400. The SMILES string of the molecule is O=C1N(CCCCCCOc2ccc(Cl)cc2)CCN1c1cccnc1. The summed E-state index contributed by atoms with van der Waals surface area (Å²) >= 11 is 5.85. The van der Waals surface area contributed by atoms with E-state index in [1.54, 1.807) is 17.3 Å². The number of hydrogen-bond acceptors (Lipinski definition) is 3. The van der Waals surface area contributed by atoms with Gasteiger partial charge >= 0.3 is 6.03 Å². The highest BCUT2D eigenvalue weighted by atomic mass is 35.5. The van der Waals surface area contributed by atoms with Crippen molar-refractivity contribution >= 4 is 23.3 Å². The van der Waals surface area contributed by atoms with Crippen molar-refractivity contribution in [3.8, 4) is 5.75 Å². The van der Waals surface area contributed by atoms with E-state index in [0.717, 1.165) is 61.8 Å². The minimum Gasteiger partial charge on any atom is -0.494 e. The van der Waals surface area contributed by atoms with Crippen molar-refractivity contribution in [1.29, 1.82) is 0 Å². The van der Waals surface area contributed by atoms with E-state index in [-0.39, 0.29) is 6.03 Å². The quantitative estimate of drug-likeness (QED) is 0.602. The minimum absolute atomic E-state index is 0.0871. The first-order valence-corrected chi connectivity index (χ1v) is 9.47. The Labute approximate surface area is 159 Å². The number of nitrogens with zero attached hydrogens (tertiary/aromatic N) is 3. The van der Waals surface area contributed by atoms with Gasteiger partial charge in [0.15, 0.2) is 0 Å². The van der Waals surface area contributed by atoms with Gasteiger partial charge in [-0.1, -0.05) is 24.4 Å². The molecule has 6 heteroatoms. The van der Waals surface area contributed by atoms with E-state index in [1.165, 1.54) is 0 Å². The zero-order chi connectivity index (χ0) is 18.2. The molecule has 2 heterocycles. The molecule has 3 rings (SSSR count). The molecular weight excluding hydrogens is 350 g/mol. The van der Waals surface area contributed by atoms with E-state index in [9.17, 15) is 4.79 Å². The number of urea groups is 1. The van der Waals surface area contributed by atoms with Crippen molar-refractivity contribution in [2.75, 3.05) is 31.1 Å². The molecule has 1 fully saturated rings. The molecule has 1 aromatic carbocycles. The van der Waals surface area contributed by atoms with E-state index >= 15 is 0 Å². The van der Waals surface area contributed by atoms with Gasteiger partial charge in [-0.3, -0.25) is 9.88 Å². The molecule has 5 nitrogen and oxygen atoms in total. The highest BCUT2D eigenvalue weighted by molar-refractivity contribution is 6.30. The van der Waals surface area contributed by atoms with Crippen LogP contribution in [0.3, 0.4) is 0 Å². The third-order valence-corrected chi connectivity index (χ3v) is 4.71. The molecule has 26 heavy (non-hydrogen) atoms. The number of benzene rings is 1. The van der Waals surface area contributed by atoms with Gasteiger partial charge in [0.05, 0.1) is 18.5 Å². The molecule has 0 atom stereocenters. The number of unbranched alkanes of at least 4 members (excludes halogenated alkanes) is 3. The topological polar surface area (TPSA) is 45.7 Å².